The van der Waals surface area contributed by atoms with Crippen LogP contribution in [0.2, 0.25) is 5.02 Å². The molecule has 0 radical (unpaired) electrons. The van der Waals surface area contributed by atoms with Crippen molar-refractivity contribution in [3.8, 4) is 0 Å². The molecule has 0 fully saturated rings. The van der Waals surface area contributed by atoms with Gasteiger partial charge in [-0.2, -0.15) is 0 Å². The van der Waals surface area contributed by atoms with Gasteiger partial charge >= 0.3 is 5.97 Å². The van der Waals surface area contributed by atoms with E-state index in [1.54, 1.807) is 17.0 Å². The van der Waals surface area contributed by atoms with Crippen molar-refractivity contribution in [1.29, 1.82) is 0 Å². The number of nitrogens with zero attached hydrogens (tertiary/aromatic N) is 1. The Morgan fingerprint density at radius 3 is 2.30 bits per heavy atom. The number of benzene rings is 2. The Hall–Kier alpha value is -2.33. The van der Waals surface area contributed by atoms with Crippen molar-refractivity contribution in [1.82, 2.24) is 0 Å². The summed E-state index contributed by atoms with van der Waals surface area (Å²) in [6, 6.07) is 11.1. The van der Waals surface area contributed by atoms with E-state index in [2.05, 4.69) is 0 Å². The van der Waals surface area contributed by atoms with E-state index >= 15 is 0 Å². The van der Waals surface area contributed by atoms with E-state index in [9.17, 15) is 9.59 Å². The topological polar surface area (TPSA) is 57.6 Å². The van der Waals surface area contributed by atoms with E-state index in [1.165, 1.54) is 6.92 Å². The van der Waals surface area contributed by atoms with E-state index < -0.39 is 5.97 Å². The lowest BCUT2D eigenvalue weighted by Gasteiger charge is -2.24. The number of hydrogen-bond donors (Lipinski definition) is 1. The number of fused-ring (bicyclic) bond motifs is 2. The van der Waals surface area contributed by atoms with E-state index in [-0.39, 0.29) is 12.3 Å². The van der Waals surface area contributed by atoms with Gasteiger partial charge in [-0.3, -0.25) is 14.5 Å². The van der Waals surface area contributed by atoms with Crippen LogP contribution in [-0.2, 0) is 28.9 Å². The number of carboxylic acids is 1. The van der Waals surface area contributed by atoms with Crippen LogP contribution in [-0.4, -0.2) is 17.0 Å². The van der Waals surface area contributed by atoms with Crippen molar-refractivity contribution in [3.05, 3.63) is 58.1 Å². The van der Waals surface area contributed by atoms with E-state index in [4.69, 9.17) is 16.7 Å². The maximum Gasteiger partial charge on any atom is 0.307 e. The number of rotatable bonds is 2. The number of aryl methyl sites for hydroxylation is 2. The predicted octanol–water partition coefficient (Wildman–Crippen LogP) is 3.75. The standard InChI is InChI=1S/C18H16ClNO3/c1-11(21)20-16-8-12(9-18(22)23)2-3-13(16)4-5-14-6-7-15(19)10-17(14)20/h2-3,6-8,10H,4-5,9H2,1H3,(H,22,23). The molecule has 1 amide bonds. The van der Waals surface area contributed by atoms with Crippen LogP contribution in [0.3, 0.4) is 0 Å². The Morgan fingerprint density at radius 2 is 1.70 bits per heavy atom. The summed E-state index contributed by atoms with van der Waals surface area (Å²) < 4.78 is 0. The number of aliphatic carboxylic acids is 1. The summed E-state index contributed by atoms with van der Waals surface area (Å²) in [6.45, 7) is 1.50. The number of carboxylic acid groups (broad SMARTS) is 1. The SMILES string of the molecule is CC(=O)N1c2cc(Cl)ccc2CCc2ccc(CC(=O)O)cc21. The third kappa shape index (κ3) is 3.08. The number of carbonyl (C=O) groups is 2. The van der Waals surface area contributed by atoms with Crippen molar-refractivity contribution < 1.29 is 14.7 Å². The first-order chi connectivity index (χ1) is 11.0. The van der Waals surface area contributed by atoms with Gasteiger partial charge in [-0.15, -0.1) is 0 Å². The zero-order chi connectivity index (χ0) is 16.6. The van der Waals surface area contributed by atoms with Gasteiger partial charge in [0.15, 0.2) is 0 Å². The minimum Gasteiger partial charge on any atom is -0.481 e. The minimum atomic E-state index is -0.892. The zero-order valence-corrected chi connectivity index (χ0v) is 13.4. The second kappa shape index (κ2) is 6.05. The van der Waals surface area contributed by atoms with Crippen LogP contribution < -0.4 is 4.90 Å². The largest absolute Gasteiger partial charge is 0.481 e. The van der Waals surface area contributed by atoms with Gasteiger partial charge in [-0.1, -0.05) is 29.8 Å². The molecule has 1 aliphatic heterocycles. The van der Waals surface area contributed by atoms with Crippen LogP contribution in [0, 0.1) is 0 Å². The Kier molecular flexibility index (Phi) is 4.09. The smallest absolute Gasteiger partial charge is 0.307 e. The van der Waals surface area contributed by atoms with Gasteiger partial charge in [-0.25, -0.2) is 0 Å². The van der Waals surface area contributed by atoms with Crippen LogP contribution in [0.15, 0.2) is 36.4 Å². The van der Waals surface area contributed by atoms with E-state index in [0.717, 1.165) is 35.3 Å². The molecule has 5 heteroatoms. The fourth-order valence-corrected chi connectivity index (χ4v) is 3.17. The molecule has 0 aromatic heterocycles. The summed E-state index contributed by atoms with van der Waals surface area (Å²) in [7, 11) is 0. The molecule has 3 rings (SSSR count). The molecule has 4 nitrogen and oxygen atoms in total. The first-order valence-corrected chi connectivity index (χ1v) is 7.76. The summed E-state index contributed by atoms with van der Waals surface area (Å²) in [4.78, 5) is 24.9. The van der Waals surface area contributed by atoms with Gasteiger partial charge < -0.3 is 5.11 Å². The summed E-state index contributed by atoms with van der Waals surface area (Å²) in [5.74, 6) is -1.01. The molecule has 0 aliphatic carbocycles. The number of halogens is 1. The van der Waals surface area contributed by atoms with Crippen LogP contribution >= 0.6 is 11.6 Å². The van der Waals surface area contributed by atoms with Gasteiger partial charge in [0, 0.05) is 11.9 Å². The molecule has 118 valence electrons. The first-order valence-electron chi connectivity index (χ1n) is 7.38. The minimum absolute atomic E-state index is 0.0680. The van der Waals surface area contributed by atoms with Crippen molar-refractivity contribution in [2.24, 2.45) is 0 Å². The first kappa shape index (κ1) is 15.6. The molecule has 0 atom stereocenters. The maximum atomic E-state index is 12.3. The quantitative estimate of drug-likeness (QED) is 0.912. The Balaban J connectivity index is 2.17. The molecule has 0 saturated carbocycles. The van der Waals surface area contributed by atoms with Crippen LogP contribution in [0.25, 0.3) is 0 Å². The Morgan fingerprint density at radius 1 is 1.09 bits per heavy atom. The van der Waals surface area contributed by atoms with Gasteiger partial charge in [0.1, 0.15) is 0 Å². The number of carbonyl (C=O) groups excluding carboxylic acids is 1. The summed E-state index contributed by atoms with van der Waals surface area (Å²) >= 11 is 6.11. The molecule has 2 aromatic carbocycles. The van der Waals surface area contributed by atoms with Gasteiger partial charge in [-0.05, 0) is 47.7 Å². The number of hydrogen-bond acceptors (Lipinski definition) is 2. The third-order valence-electron chi connectivity index (χ3n) is 4.01. The maximum absolute atomic E-state index is 12.3. The van der Waals surface area contributed by atoms with Crippen LogP contribution in [0.5, 0.6) is 0 Å². The highest BCUT2D eigenvalue weighted by molar-refractivity contribution is 6.31. The molecule has 0 saturated heterocycles. The lowest BCUT2D eigenvalue weighted by molar-refractivity contribution is -0.136. The van der Waals surface area contributed by atoms with E-state index in [1.807, 2.05) is 24.3 Å². The normalized spacial score (nSPS) is 13.0. The highest BCUT2D eigenvalue weighted by Gasteiger charge is 2.24. The second-order valence-electron chi connectivity index (χ2n) is 5.66. The monoisotopic (exact) mass is 329 g/mol. The second-order valence-corrected chi connectivity index (χ2v) is 6.10. The van der Waals surface area contributed by atoms with Crippen LogP contribution in [0.4, 0.5) is 11.4 Å². The molecule has 0 bridgehead atoms. The van der Waals surface area contributed by atoms with Gasteiger partial charge in [0.05, 0.1) is 17.8 Å². The molecule has 0 unspecified atom stereocenters. The molecule has 1 heterocycles. The van der Waals surface area contributed by atoms with Crippen molar-refractivity contribution in [3.63, 3.8) is 0 Å². The number of anilines is 2. The summed E-state index contributed by atoms with van der Waals surface area (Å²) in [5, 5.41) is 9.57. The molecule has 0 spiro atoms. The van der Waals surface area contributed by atoms with Gasteiger partial charge in [0.2, 0.25) is 5.91 Å². The average Bonchev–Trinajstić information content (AvgIpc) is 2.62. The lowest BCUT2D eigenvalue weighted by atomic mass is 10.0. The Bertz CT molecular complexity index is 801. The van der Waals surface area contributed by atoms with Crippen molar-refractivity contribution in [2.75, 3.05) is 4.90 Å². The van der Waals surface area contributed by atoms with Gasteiger partial charge in [0.25, 0.3) is 0 Å². The molecule has 23 heavy (non-hydrogen) atoms. The average molecular weight is 330 g/mol. The summed E-state index contributed by atoms with van der Waals surface area (Å²) in [6.07, 6.45) is 1.53. The molecular formula is C18H16ClNO3. The summed E-state index contributed by atoms with van der Waals surface area (Å²) in [5.41, 5.74) is 4.28. The van der Waals surface area contributed by atoms with Crippen molar-refractivity contribution in [2.45, 2.75) is 26.2 Å². The molecule has 2 aromatic rings. The molecular weight excluding hydrogens is 314 g/mol. The molecule has 1 aliphatic rings. The number of amides is 1. The predicted molar refractivity (Wildman–Crippen MR) is 89.5 cm³/mol. The lowest BCUT2D eigenvalue weighted by Crippen LogP contribution is -2.24. The third-order valence-corrected chi connectivity index (χ3v) is 4.25. The Labute approximate surface area is 139 Å². The zero-order valence-electron chi connectivity index (χ0n) is 12.7. The highest BCUT2D eigenvalue weighted by Crippen LogP contribution is 2.38. The van der Waals surface area contributed by atoms with Crippen molar-refractivity contribution >= 4 is 34.9 Å². The molecule has 1 N–H and O–H groups in total. The fraction of sp³-hybridized carbons (Fsp3) is 0.222. The van der Waals surface area contributed by atoms with Crippen LogP contribution in [0.1, 0.15) is 23.6 Å². The highest BCUT2D eigenvalue weighted by atomic mass is 35.5. The fourth-order valence-electron chi connectivity index (χ4n) is 3.01. The van der Waals surface area contributed by atoms with E-state index in [0.29, 0.717) is 10.6 Å².